The molecular formula is C19H29N3O2. The van der Waals surface area contributed by atoms with Gasteiger partial charge in [0.1, 0.15) is 5.75 Å². The van der Waals surface area contributed by atoms with Crippen LogP contribution >= 0.6 is 0 Å². The quantitative estimate of drug-likeness (QED) is 0.838. The van der Waals surface area contributed by atoms with Crippen LogP contribution < -0.4 is 15.4 Å². The van der Waals surface area contributed by atoms with Gasteiger partial charge < -0.3 is 15.4 Å². The van der Waals surface area contributed by atoms with Gasteiger partial charge in [-0.1, -0.05) is 18.6 Å². The second-order valence-corrected chi connectivity index (χ2v) is 6.78. The van der Waals surface area contributed by atoms with Crippen molar-refractivity contribution in [3.8, 4) is 5.75 Å². The summed E-state index contributed by atoms with van der Waals surface area (Å²) in [5.41, 5.74) is 1.22. The molecule has 2 saturated heterocycles. The molecular weight excluding hydrogens is 302 g/mol. The molecule has 1 aromatic rings. The second-order valence-electron chi connectivity index (χ2n) is 6.78. The average Bonchev–Trinajstić information content (AvgIpc) is 3.17. The van der Waals surface area contributed by atoms with Crippen molar-refractivity contribution in [2.24, 2.45) is 0 Å². The summed E-state index contributed by atoms with van der Waals surface area (Å²) in [6.07, 6.45) is 5.72. The van der Waals surface area contributed by atoms with Crippen LogP contribution in [0.25, 0.3) is 0 Å². The van der Waals surface area contributed by atoms with Crippen LogP contribution in [0.15, 0.2) is 24.3 Å². The van der Waals surface area contributed by atoms with Crippen molar-refractivity contribution in [3.05, 3.63) is 29.8 Å². The van der Waals surface area contributed by atoms with E-state index in [9.17, 15) is 4.79 Å². The van der Waals surface area contributed by atoms with Crippen molar-refractivity contribution in [1.29, 1.82) is 0 Å². The Kier molecular flexibility index (Phi) is 6.10. The maximum atomic E-state index is 12.5. The molecule has 2 aliphatic rings. The van der Waals surface area contributed by atoms with Gasteiger partial charge in [-0.3, -0.25) is 9.69 Å². The van der Waals surface area contributed by atoms with Gasteiger partial charge in [-0.2, -0.15) is 0 Å². The van der Waals surface area contributed by atoms with Gasteiger partial charge in [-0.15, -0.1) is 0 Å². The van der Waals surface area contributed by atoms with Crippen LogP contribution in [0.1, 0.15) is 43.7 Å². The fourth-order valence-electron chi connectivity index (χ4n) is 3.76. The van der Waals surface area contributed by atoms with Gasteiger partial charge in [0.05, 0.1) is 19.2 Å². The molecule has 2 unspecified atom stereocenters. The summed E-state index contributed by atoms with van der Waals surface area (Å²) in [7, 11) is 1.69. The van der Waals surface area contributed by atoms with Crippen LogP contribution in [-0.4, -0.2) is 50.1 Å². The molecule has 1 amide bonds. The minimum atomic E-state index is -0.0247. The Morgan fingerprint density at radius 3 is 2.88 bits per heavy atom. The highest BCUT2D eigenvalue weighted by atomic mass is 16.5. The molecule has 0 spiro atoms. The molecule has 0 radical (unpaired) electrons. The Morgan fingerprint density at radius 2 is 2.17 bits per heavy atom. The number of hydrogen-bond acceptors (Lipinski definition) is 4. The number of hydrogen-bond donors (Lipinski definition) is 2. The van der Waals surface area contributed by atoms with Crippen LogP contribution in [0.5, 0.6) is 5.75 Å². The molecule has 24 heavy (non-hydrogen) atoms. The fourth-order valence-corrected chi connectivity index (χ4v) is 3.76. The van der Waals surface area contributed by atoms with Crippen molar-refractivity contribution in [3.63, 3.8) is 0 Å². The zero-order valence-electron chi connectivity index (χ0n) is 14.6. The molecule has 0 saturated carbocycles. The largest absolute Gasteiger partial charge is 0.497 e. The number of rotatable bonds is 6. The van der Waals surface area contributed by atoms with Crippen molar-refractivity contribution in [2.45, 2.75) is 44.2 Å². The Labute approximate surface area is 144 Å². The zero-order chi connectivity index (χ0) is 16.8. The molecule has 0 bridgehead atoms. The Balaban J connectivity index is 1.66. The maximum absolute atomic E-state index is 12.5. The molecule has 3 rings (SSSR count). The van der Waals surface area contributed by atoms with Crippen LogP contribution in [-0.2, 0) is 4.79 Å². The highest BCUT2D eigenvalue weighted by molar-refractivity contribution is 5.81. The fraction of sp³-hybridized carbons (Fsp3) is 0.632. The van der Waals surface area contributed by atoms with Crippen LogP contribution in [0.4, 0.5) is 0 Å². The van der Waals surface area contributed by atoms with Crippen molar-refractivity contribution in [2.75, 3.05) is 33.3 Å². The van der Waals surface area contributed by atoms with E-state index in [1.54, 1.807) is 7.11 Å². The van der Waals surface area contributed by atoms with E-state index in [2.05, 4.69) is 27.7 Å². The highest BCUT2D eigenvalue weighted by Crippen LogP contribution is 2.27. The molecule has 2 aliphatic heterocycles. The number of benzene rings is 1. The zero-order valence-corrected chi connectivity index (χ0v) is 14.6. The molecule has 5 heteroatoms. The van der Waals surface area contributed by atoms with E-state index in [-0.39, 0.29) is 18.0 Å². The van der Waals surface area contributed by atoms with Crippen LogP contribution in [0.2, 0.25) is 0 Å². The van der Waals surface area contributed by atoms with E-state index in [4.69, 9.17) is 4.74 Å². The molecule has 2 fully saturated rings. The lowest BCUT2D eigenvalue weighted by molar-refractivity contribution is -0.123. The Hall–Kier alpha value is -1.59. The van der Waals surface area contributed by atoms with E-state index in [1.807, 2.05) is 12.1 Å². The number of likely N-dealkylation sites (tertiary alicyclic amines) is 1. The smallest absolute Gasteiger partial charge is 0.237 e. The first-order valence-electron chi connectivity index (χ1n) is 9.17. The molecule has 2 N–H and O–H groups in total. The summed E-state index contributed by atoms with van der Waals surface area (Å²) >= 11 is 0. The lowest BCUT2D eigenvalue weighted by Crippen LogP contribution is -2.48. The number of ether oxygens (including phenoxy) is 1. The van der Waals surface area contributed by atoms with Gasteiger partial charge in [0.2, 0.25) is 5.91 Å². The van der Waals surface area contributed by atoms with Gasteiger partial charge in [0.25, 0.3) is 0 Å². The number of piperidine rings is 1. The van der Waals surface area contributed by atoms with Crippen molar-refractivity contribution < 1.29 is 9.53 Å². The highest BCUT2D eigenvalue weighted by Gasteiger charge is 2.26. The predicted octanol–water partition coefficient (Wildman–Crippen LogP) is 2.09. The second kappa shape index (κ2) is 8.49. The third-order valence-electron chi connectivity index (χ3n) is 5.16. The summed E-state index contributed by atoms with van der Waals surface area (Å²) in [5.74, 6) is 1.01. The number of carbonyl (C=O) groups is 1. The third kappa shape index (κ3) is 4.28. The number of nitrogens with one attached hydrogen (secondary N) is 2. The molecule has 1 aromatic carbocycles. The van der Waals surface area contributed by atoms with Crippen molar-refractivity contribution in [1.82, 2.24) is 15.5 Å². The number of methoxy groups -OCH3 is 1. The van der Waals surface area contributed by atoms with Crippen molar-refractivity contribution >= 4 is 5.91 Å². The van der Waals surface area contributed by atoms with Crippen LogP contribution in [0.3, 0.4) is 0 Å². The van der Waals surface area contributed by atoms with Crippen LogP contribution in [0, 0.1) is 0 Å². The molecule has 2 atom stereocenters. The SMILES string of the molecule is COc1cccc(C(CNC(=O)C2CCCCN2)N2CCCC2)c1. The minimum Gasteiger partial charge on any atom is -0.497 e. The summed E-state index contributed by atoms with van der Waals surface area (Å²) < 4.78 is 5.37. The summed E-state index contributed by atoms with van der Waals surface area (Å²) in [4.78, 5) is 14.9. The molecule has 0 aliphatic carbocycles. The van der Waals surface area contributed by atoms with Gasteiger partial charge in [-0.05, 0) is 63.0 Å². The van der Waals surface area contributed by atoms with E-state index >= 15 is 0 Å². The Morgan fingerprint density at radius 1 is 1.33 bits per heavy atom. The molecule has 2 heterocycles. The van der Waals surface area contributed by atoms with Gasteiger partial charge in [0.15, 0.2) is 0 Å². The van der Waals surface area contributed by atoms with E-state index < -0.39 is 0 Å². The first-order valence-corrected chi connectivity index (χ1v) is 9.17. The third-order valence-corrected chi connectivity index (χ3v) is 5.16. The summed E-state index contributed by atoms with van der Waals surface area (Å²) in [5, 5.41) is 6.51. The standard InChI is InChI=1S/C19H29N3O2/c1-24-16-8-6-7-15(13-16)18(22-11-4-5-12-22)14-21-19(23)17-9-2-3-10-20-17/h6-8,13,17-18,20H,2-5,9-12,14H2,1H3,(H,21,23). The van der Waals surface area contributed by atoms with E-state index in [0.29, 0.717) is 6.54 Å². The number of nitrogens with zero attached hydrogens (tertiary/aromatic N) is 1. The molecule has 5 nitrogen and oxygen atoms in total. The van der Waals surface area contributed by atoms with Gasteiger partial charge in [-0.25, -0.2) is 0 Å². The first-order chi connectivity index (χ1) is 11.8. The topological polar surface area (TPSA) is 53.6 Å². The average molecular weight is 331 g/mol. The number of carbonyl (C=O) groups excluding carboxylic acids is 1. The maximum Gasteiger partial charge on any atom is 0.237 e. The van der Waals surface area contributed by atoms with E-state index in [1.165, 1.54) is 24.8 Å². The summed E-state index contributed by atoms with van der Waals surface area (Å²) in [6, 6.07) is 8.42. The predicted molar refractivity (Wildman–Crippen MR) is 95.2 cm³/mol. The number of amides is 1. The first kappa shape index (κ1) is 17.2. The molecule has 132 valence electrons. The van der Waals surface area contributed by atoms with Gasteiger partial charge in [0, 0.05) is 6.54 Å². The summed E-state index contributed by atoms with van der Waals surface area (Å²) in [6.45, 7) is 3.80. The molecule has 0 aromatic heterocycles. The Bertz CT molecular complexity index is 537. The monoisotopic (exact) mass is 331 g/mol. The lowest BCUT2D eigenvalue weighted by atomic mass is 10.0. The minimum absolute atomic E-state index is 0.0247. The normalized spacial score (nSPS) is 23.0. The lowest BCUT2D eigenvalue weighted by Gasteiger charge is -2.30. The van der Waals surface area contributed by atoms with Gasteiger partial charge >= 0.3 is 0 Å². The van der Waals surface area contributed by atoms with E-state index in [0.717, 1.165) is 38.2 Å².